The summed E-state index contributed by atoms with van der Waals surface area (Å²) >= 11 is 1.42. The molecule has 29 heavy (non-hydrogen) atoms. The van der Waals surface area contributed by atoms with E-state index in [0.717, 1.165) is 49.0 Å². The zero-order chi connectivity index (χ0) is 21.0. The van der Waals surface area contributed by atoms with E-state index in [-0.39, 0.29) is 17.9 Å². The SMILES string of the molecule is CCc1c(C)sc(NC(=O)[C@@H]2CCCC[C@@H]2C(=O)O)c1C(=O)NC1CCCCC1. The number of amides is 2. The summed E-state index contributed by atoms with van der Waals surface area (Å²) in [6, 6.07) is 0.194. The number of rotatable bonds is 6. The van der Waals surface area contributed by atoms with Gasteiger partial charge < -0.3 is 15.7 Å². The molecule has 3 rings (SSSR count). The maximum Gasteiger partial charge on any atom is 0.307 e. The van der Waals surface area contributed by atoms with Gasteiger partial charge in [0.1, 0.15) is 5.00 Å². The van der Waals surface area contributed by atoms with Crippen LogP contribution < -0.4 is 10.6 Å². The molecule has 1 aromatic rings. The number of hydrogen-bond acceptors (Lipinski definition) is 4. The van der Waals surface area contributed by atoms with Gasteiger partial charge in [0.2, 0.25) is 5.91 Å². The van der Waals surface area contributed by atoms with Crippen molar-refractivity contribution in [1.29, 1.82) is 0 Å². The summed E-state index contributed by atoms with van der Waals surface area (Å²) in [5, 5.41) is 16.2. The Morgan fingerprint density at radius 3 is 2.24 bits per heavy atom. The van der Waals surface area contributed by atoms with Crippen LogP contribution in [0, 0.1) is 18.8 Å². The predicted molar refractivity (Wildman–Crippen MR) is 114 cm³/mol. The van der Waals surface area contributed by atoms with Crippen molar-refractivity contribution in [2.24, 2.45) is 11.8 Å². The topological polar surface area (TPSA) is 95.5 Å². The molecule has 2 saturated carbocycles. The fourth-order valence-electron chi connectivity index (χ4n) is 4.78. The minimum absolute atomic E-state index is 0.119. The first-order chi connectivity index (χ1) is 13.9. The van der Waals surface area contributed by atoms with Crippen molar-refractivity contribution in [3.8, 4) is 0 Å². The fraction of sp³-hybridized carbons (Fsp3) is 0.682. The first-order valence-corrected chi connectivity index (χ1v) is 11.7. The van der Waals surface area contributed by atoms with Crippen LogP contribution in [0.3, 0.4) is 0 Å². The van der Waals surface area contributed by atoms with Crippen LogP contribution >= 0.6 is 11.3 Å². The van der Waals surface area contributed by atoms with E-state index in [4.69, 9.17) is 0 Å². The van der Waals surface area contributed by atoms with Crippen molar-refractivity contribution in [3.63, 3.8) is 0 Å². The van der Waals surface area contributed by atoms with Gasteiger partial charge in [-0.3, -0.25) is 14.4 Å². The molecule has 2 aliphatic rings. The van der Waals surface area contributed by atoms with Gasteiger partial charge in [-0.1, -0.05) is 39.0 Å². The van der Waals surface area contributed by atoms with Crippen molar-refractivity contribution >= 4 is 34.1 Å². The van der Waals surface area contributed by atoms with Crippen LogP contribution in [-0.4, -0.2) is 28.9 Å². The average molecular weight is 421 g/mol. The highest BCUT2D eigenvalue weighted by Gasteiger charge is 2.36. The number of carbonyl (C=O) groups is 3. The zero-order valence-corrected chi connectivity index (χ0v) is 18.2. The van der Waals surface area contributed by atoms with Crippen LogP contribution in [0.1, 0.15) is 85.5 Å². The van der Waals surface area contributed by atoms with Gasteiger partial charge in [0.25, 0.3) is 5.91 Å². The Kier molecular flexibility index (Phi) is 7.33. The number of carbonyl (C=O) groups excluding carboxylic acids is 2. The lowest BCUT2D eigenvalue weighted by Crippen LogP contribution is -2.38. The standard InChI is InChI=1S/C22H32N2O4S/c1-3-15-13(2)29-21(18(15)20(26)23-14-9-5-4-6-10-14)24-19(25)16-11-7-8-12-17(16)22(27)28/h14,16-17H,3-12H2,1-2H3,(H,23,26)(H,24,25)(H,27,28)/t16-,17+/m1/s1. The van der Waals surface area contributed by atoms with Gasteiger partial charge in [-0.2, -0.15) is 0 Å². The molecule has 6 nitrogen and oxygen atoms in total. The smallest absolute Gasteiger partial charge is 0.307 e. The molecule has 2 atom stereocenters. The van der Waals surface area contributed by atoms with Crippen LogP contribution in [0.15, 0.2) is 0 Å². The fourth-order valence-corrected chi connectivity index (χ4v) is 5.93. The van der Waals surface area contributed by atoms with E-state index in [0.29, 0.717) is 29.8 Å². The monoisotopic (exact) mass is 420 g/mol. The van der Waals surface area contributed by atoms with Crippen LogP contribution in [0.25, 0.3) is 0 Å². The molecule has 2 amide bonds. The Balaban J connectivity index is 1.80. The summed E-state index contributed by atoms with van der Waals surface area (Å²) in [5.41, 5.74) is 1.54. The van der Waals surface area contributed by atoms with E-state index in [1.54, 1.807) is 0 Å². The van der Waals surface area contributed by atoms with Crippen molar-refractivity contribution in [1.82, 2.24) is 5.32 Å². The molecular formula is C22H32N2O4S. The summed E-state index contributed by atoms with van der Waals surface area (Å²) in [4.78, 5) is 38.7. The Hall–Kier alpha value is -1.89. The predicted octanol–water partition coefficient (Wildman–Crippen LogP) is 4.51. The summed E-state index contributed by atoms with van der Waals surface area (Å²) in [6.45, 7) is 3.98. The Morgan fingerprint density at radius 2 is 1.62 bits per heavy atom. The normalized spacial score (nSPS) is 22.8. The molecule has 3 N–H and O–H groups in total. The first-order valence-electron chi connectivity index (χ1n) is 10.9. The van der Waals surface area contributed by atoms with Gasteiger partial charge in [0.15, 0.2) is 0 Å². The summed E-state index contributed by atoms with van der Waals surface area (Å²) in [5.74, 6) is -2.48. The highest BCUT2D eigenvalue weighted by atomic mass is 32.1. The van der Waals surface area contributed by atoms with Gasteiger partial charge in [0, 0.05) is 10.9 Å². The molecule has 0 unspecified atom stereocenters. The minimum Gasteiger partial charge on any atom is -0.481 e. The maximum atomic E-state index is 13.1. The van der Waals surface area contributed by atoms with Crippen molar-refractivity contribution in [2.75, 3.05) is 5.32 Å². The minimum atomic E-state index is -0.906. The second-order valence-electron chi connectivity index (χ2n) is 8.33. The van der Waals surface area contributed by atoms with Gasteiger partial charge in [-0.15, -0.1) is 11.3 Å². The van der Waals surface area contributed by atoms with Crippen LogP contribution in [0.4, 0.5) is 5.00 Å². The number of carboxylic acids is 1. The average Bonchev–Trinajstić information content (AvgIpc) is 3.03. The molecule has 1 heterocycles. The van der Waals surface area contributed by atoms with Gasteiger partial charge in [0.05, 0.1) is 17.4 Å². The molecule has 0 spiro atoms. The van der Waals surface area contributed by atoms with Gasteiger partial charge in [-0.25, -0.2) is 0 Å². The highest BCUT2D eigenvalue weighted by Crippen LogP contribution is 2.36. The second-order valence-corrected chi connectivity index (χ2v) is 9.55. The molecule has 2 aliphatic carbocycles. The van der Waals surface area contributed by atoms with Gasteiger partial charge >= 0.3 is 5.97 Å². The Bertz CT molecular complexity index is 767. The van der Waals surface area contributed by atoms with E-state index >= 15 is 0 Å². The maximum absolute atomic E-state index is 13.1. The second kappa shape index (κ2) is 9.74. The third kappa shape index (κ3) is 5.00. The Morgan fingerprint density at radius 1 is 1.00 bits per heavy atom. The lowest BCUT2D eigenvalue weighted by atomic mass is 9.78. The molecule has 0 aromatic carbocycles. The number of anilines is 1. The van der Waals surface area contributed by atoms with Crippen molar-refractivity contribution in [2.45, 2.75) is 84.1 Å². The molecule has 0 saturated heterocycles. The molecular weight excluding hydrogens is 388 g/mol. The van der Waals surface area contributed by atoms with E-state index in [1.807, 2.05) is 13.8 Å². The lowest BCUT2D eigenvalue weighted by molar-refractivity contribution is -0.147. The zero-order valence-electron chi connectivity index (χ0n) is 17.4. The molecule has 0 radical (unpaired) electrons. The summed E-state index contributed by atoms with van der Waals surface area (Å²) in [7, 11) is 0. The van der Waals surface area contributed by atoms with E-state index in [1.165, 1.54) is 17.8 Å². The van der Waals surface area contributed by atoms with Crippen LogP contribution in [0.5, 0.6) is 0 Å². The molecule has 1 aromatic heterocycles. The summed E-state index contributed by atoms with van der Waals surface area (Å²) in [6.07, 6.45) is 9.02. The molecule has 0 bridgehead atoms. The van der Waals surface area contributed by atoms with Crippen LogP contribution in [0.2, 0.25) is 0 Å². The van der Waals surface area contributed by atoms with Crippen molar-refractivity contribution in [3.05, 3.63) is 16.0 Å². The third-order valence-electron chi connectivity index (χ3n) is 6.39. The molecule has 2 fully saturated rings. The third-order valence-corrected chi connectivity index (χ3v) is 7.45. The molecule has 0 aliphatic heterocycles. The summed E-state index contributed by atoms with van der Waals surface area (Å²) < 4.78 is 0. The van der Waals surface area contributed by atoms with Gasteiger partial charge in [-0.05, 0) is 44.6 Å². The molecule has 7 heteroatoms. The highest BCUT2D eigenvalue weighted by molar-refractivity contribution is 7.16. The van der Waals surface area contributed by atoms with E-state index in [2.05, 4.69) is 10.6 Å². The number of aryl methyl sites for hydroxylation is 1. The van der Waals surface area contributed by atoms with E-state index < -0.39 is 17.8 Å². The van der Waals surface area contributed by atoms with Crippen molar-refractivity contribution < 1.29 is 19.5 Å². The molecule has 160 valence electrons. The number of carboxylic acid groups (broad SMARTS) is 1. The first kappa shape index (κ1) is 21.8. The largest absolute Gasteiger partial charge is 0.481 e. The van der Waals surface area contributed by atoms with E-state index in [9.17, 15) is 19.5 Å². The quantitative estimate of drug-likeness (QED) is 0.631. The lowest BCUT2D eigenvalue weighted by Gasteiger charge is -2.27. The number of nitrogens with one attached hydrogen (secondary N) is 2. The number of thiophene rings is 1. The Labute approximate surface area is 176 Å². The number of aliphatic carboxylic acids is 1. The number of hydrogen-bond donors (Lipinski definition) is 3. The van der Waals surface area contributed by atoms with Crippen LogP contribution in [-0.2, 0) is 16.0 Å².